The largest absolute Gasteiger partial charge is 0.313 e. The van der Waals surface area contributed by atoms with E-state index < -0.39 is 0 Å². The highest BCUT2D eigenvalue weighted by atomic mass is 32.1. The molecule has 1 aromatic carbocycles. The molecule has 0 fully saturated rings. The summed E-state index contributed by atoms with van der Waals surface area (Å²) in [6.45, 7) is 4.49. The van der Waals surface area contributed by atoms with Crippen LogP contribution in [0.1, 0.15) is 54.9 Å². The summed E-state index contributed by atoms with van der Waals surface area (Å²) in [6.07, 6.45) is 3.31. The average Bonchev–Trinajstić information content (AvgIpc) is 2.95. The van der Waals surface area contributed by atoms with Gasteiger partial charge in [0.25, 0.3) is 0 Å². The zero-order valence-electron chi connectivity index (χ0n) is 12.6. The molecule has 108 valence electrons. The minimum absolute atomic E-state index is 0.341. The molecule has 0 saturated carbocycles. The maximum atomic E-state index is 4.84. The zero-order chi connectivity index (χ0) is 14.4. The molecule has 0 aliphatic carbocycles. The molecule has 0 aliphatic rings. The number of likely N-dealkylation sites (N-methyl/N-ethyl adjacent to an activating group) is 1. The van der Waals surface area contributed by atoms with Gasteiger partial charge < -0.3 is 5.32 Å². The van der Waals surface area contributed by atoms with Crippen molar-refractivity contribution >= 4 is 11.3 Å². The van der Waals surface area contributed by atoms with Crippen LogP contribution in [0.5, 0.6) is 0 Å². The van der Waals surface area contributed by atoms with Crippen LogP contribution in [0.2, 0.25) is 0 Å². The summed E-state index contributed by atoms with van der Waals surface area (Å²) in [7, 11) is 2.02. The lowest BCUT2D eigenvalue weighted by Crippen LogP contribution is -2.18. The van der Waals surface area contributed by atoms with Gasteiger partial charge in [-0.05, 0) is 25.5 Å². The monoisotopic (exact) mass is 288 g/mol. The minimum atomic E-state index is 0.341. The first-order valence-corrected chi connectivity index (χ1v) is 8.32. The average molecular weight is 288 g/mol. The summed E-state index contributed by atoms with van der Waals surface area (Å²) >= 11 is 1.82. The lowest BCUT2D eigenvalue weighted by molar-refractivity contribution is 0.580. The molecule has 1 unspecified atom stereocenters. The molecule has 1 aromatic heterocycles. The molecule has 0 bridgehead atoms. The topological polar surface area (TPSA) is 24.9 Å². The van der Waals surface area contributed by atoms with E-state index in [4.69, 9.17) is 4.98 Å². The van der Waals surface area contributed by atoms with Gasteiger partial charge in [0, 0.05) is 23.8 Å². The van der Waals surface area contributed by atoms with E-state index in [1.165, 1.54) is 29.1 Å². The number of rotatable bonds is 7. The molecule has 0 amide bonds. The van der Waals surface area contributed by atoms with E-state index in [9.17, 15) is 0 Å². The standard InChI is InChI=1S/C17H24N2S/c1-4-13(5-2)17-19-15(12-20-17)11-16(18-3)14-9-7-6-8-10-14/h6-10,12-13,16,18H,4-5,11H2,1-3H3. The molecular formula is C17H24N2S. The molecule has 1 heterocycles. The smallest absolute Gasteiger partial charge is 0.0959 e. The highest BCUT2D eigenvalue weighted by Crippen LogP contribution is 2.27. The first kappa shape index (κ1) is 15.2. The summed E-state index contributed by atoms with van der Waals surface area (Å²) in [6, 6.07) is 10.9. The van der Waals surface area contributed by atoms with Crippen molar-refractivity contribution in [2.45, 2.75) is 45.1 Å². The first-order valence-electron chi connectivity index (χ1n) is 7.44. The van der Waals surface area contributed by atoms with Crippen LogP contribution in [-0.2, 0) is 6.42 Å². The number of aromatic nitrogens is 1. The molecule has 0 radical (unpaired) electrons. The van der Waals surface area contributed by atoms with Crippen molar-refractivity contribution < 1.29 is 0 Å². The van der Waals surface area contributed by atoms with Crippen LogP contribution in [0.15, 0.2) is 35.7 Å². The number of thiazole rings is 1. The Labute approximate surface area is 126 Å². The third-order valence-corrected chi connectivity index (χ3v) is 4.92. The zero-order valence-corrected chi connectivity index (χ0v) is 13.4. The highest BCUT2D eigenvalue weighted by Gasteiger charge is 2.15. The van der Waals surface area contributed by atoms with Gasteiger partial charge in [0.05, 0.1) is 10.7 Å². The Balaban J connectivity index is 2.09. The van der Waals surface area contributed by atoms with Crippen molar-refractivity contribution in [3.63, 3.8) is 0 Å². The normalized spacial score (nSPS) is 12.8. The van der Waals surface area contributed by atoms with Crippen LogP contribution < -0.4 is 5.32 Å². The fourth-order valence-corrected chi connectivity index (χ4v) is 3.62. The third kappa shape index (κ3) is 3.68. The molecule has 0 aliphatic heterocycles. The van der Waals surface area contributed by atoms with Crippen LogP contribution in [0.25, 0.3) is 0 Å². The summed E-state index contributed by atoms with van der Waals surface area (Å²) in [5.41, 5.74) is 2.53. The van der Waals surface area contributed by atoms with Crippen molar-refractivity contribution in [2.24, 2.45) is 0 Å². The van der Waals surface area contributed by atoms with Crippen molar-refractivity contribution in [1.29, 1.82) is 0 Å². The van der Waals surface area contributed by atoms with Gasteiger partial charge in [0.2, 0.25) is 0 Å². The van der Waals surface area contributed by atoms with E-state index in [-0.39, 0.29) is 0 Å². The second kappa shape index (κ2) is 7.55. The number of benzene rings is 1. The molecule has 3 heteroatoms. The summed E-state index contributed by atoms with van der Waals surface area (Å²) in [5.74, 6) is 0.624. The molecular weight excluding hydrogens is 264 g/mol. The molecule has 1 atom stereocenters. The van der Waals surface area contributed by atoms with Gasteiger partial charge in [-0.1, -0.05) is 44.2 Å². The van der Waals surface area contributed by atoms with E-state index in [1.807, 2.05) is 18.4 Å². The van der Waals surface area contributed by atoms with Gasteiger partial charge in [-0.2, -0.15) is 0 Å². The van der Waals surface area contributed by atoms with Crippen molar-refractivity contribution in [1.82, 2.24) is 10.3 Å². The molecule has 20 heavy (non-hydrogen) atoms. The molecule has 1 N–H and O–H groups in total. The molecule has 2 aromatic rings. The van der Waals surface area contributed by atoms with Gasteiger partial charge in [-0.3, -0.25) is 0 Å². The Morgan fingerprint density at radius 3 is 2.45 bits per heavy atom. The number of nitrogens with zero attached hydrogens (tertiary/aromatic N) is 1. The predicted molar refractivity (Wildman–Crippen MR) is 87.4 cm³/mol. The van der Waals surface area contributed by atoms with Crippen molar-refractivity contribution in [3.05, 3.63) is 52.0 Å². The van der Waals surface area contributed by atoms with Gasteiger partial charge in [0.15, 0.2) is 0 Å². The third-order valence-electron chi connectivity index (χ3n) is 3.87. The Bertz CT molecular complexity index is 503. The number of hydrogen-bond acceptors (Lipinski definition) is 3. The second-order valence-corrected chi connectivity index (χ2v) is 6.04. The Hall–Kier alpha value is -1.19. The quantitative estimate of drug-likeness (QED) is 0.808. The van der Waals surface area contributed by atoms with Gasteiger partial charge in [-0.15, -0.1) is 11.3 Å². The van der Waals surface area contributed by atoms with Crippen LogP contribution in [-0.4, -0.2) is 12.0 Å². The van der Waals surface area contributed by atoms with Crippen molar-refractivity contribution in [2.75, 3.05) is 7.05 Å². The highest BCUT2D eigenvalue weighted by molar-refractivity contribution is 7.09. The fourth-order valence-electron chi connectivity index (χ4n) is 2.52. The van der Waals surface area contributed by atoms with Crippen LogP contribution in [0.3, 0.4) is 0 Å². The first-order chi connectivity index (χ1) is 9.78. The van der Waals surface area contributed by atoms with Crippen molar-refractivity contribution in [3.8, 4) is 0 Å². The van der Waals surface area contributed by atoms with E-state index in [0.717, 1.165) is 6.42 Å². The van der Waals surface area contributed by atoms with Crippen LogP contribution >= 0.6 is 11.3 Å². The van der Waals surface area contributed by atoms with Crippen LogP contribution in [0.4, 0.5) is 0 Å². The Kier molecular flexibility index (Phi) is 5.74. The number of nitrogens with one attached hydrogen (secondary N) is 1. The summed E-state index contributed by atoms with van der Waals surface area (Å²) in [4.78, 5) is 4.84. The van der Waals surface area contributed by atoms with Crippen LogP contribution in [0, 0.1) is 0 Å². The SMILES string of the molecule is CCC(CC)c1nc(CC(NC)c2ccccc2)cs1. The lowest BCUT2D eigenvalue weighted by Gasteiger charge is -2.15. The second-order valence-electron chi connectivity index (χ2n) is 5.15. The summed E-state index contributed by atoms with van der Waals surface area (Å²) in [5, 5.41) is 6.92. The summed E-state index contributed by atoms with van der Waals surface area (Å²) < 4.78 is 0. The van der Waals surface area contributed by atoms with Gasteiger partial charge in [-0.25, -0.2) is 4.98 Å². The number of hydrogen-bond donors (Lipinski definition) is 1. The molecule has 0 saturated heterocycles. The van der Waals surface area contributed by atoms with Gasteiger partial charge in [0.1, 0.15) is 0 Å². The van der Waals surface area contributed by atoms with Gasteiger partial charge >= 0.3 is 0 Å². The lowest BCUT2D eigenvalue weighted by atomic mass is 10.0. The fraction of sp³-hybridized carbons (Fsp3) is 0.471. The Morgan fingerprint density at radius 2 is 1.85 bits per heavy atom. The molecule has 2 nitrogen and oxygen atoms in total. The van der Waals surface area contributed by atoms with E-state index in [0.29, 0.717) is 12.0 Å². The van der Waals surface area contributed by atoms with E-state index >= 15 is 0 Å². The predicted octanol–water partition coefficient (Wildman–Crippen LogP) is 4.55. The minimum Gasteiger partial charge on any atom is -0.313 e. The van der Waals surface area contributed by atoms with E-state index in [1.54, 1.807) is 0 Å². The van der Waals surface area contributed by atoms with E-state index in [2.05, 4.69) is 54.9 Å². The Morgan fingerprint density at radius 1 is 1.15 bits per heavy atom. The molecule has 0 spiro atoms. The maximum absolute atomic E-state index is 4.84. The maximum Gasteiger partial charge on any atom is 0.0959 e. The molecule has 2 rings (SSSR count).